The summed E-state index contributed by atoms with van der Waals surface area (Å²) in [6, 6.07) is 16.7. The lowest BCUT2D eigenvalue weighted by atomic mass is 10.0. The van der Waals surface area contributed by atoms with Crippen molar-refractivity contribution >= 4 is 5.69 Å². The third-order valence-electron chi connectivity index (χ3n) is 3.62. The van der Waals surface area contributed by atoms with Crippen LogP contribution in [-0.4, -0.2) is 24.2 Å². The molecule has 4 heteroatoms. The largest absolute Gasteiger partial charge is 0.497 e. The van der Waals surface area contributed by atoms with Gasteiger partial charge in [-0.25, -0.2) is 0 Å². The Morgan fingerprint density at radius 2 is 1.48 bits per heavy atom. The van der Waals surface area contributed by atoms with Crippen LogP contribution in [0.5, 0.6) is 5.75 Å². The van der Waals surface area contributed by atoms with E-state index in [0.717, 1.165) is 22.6 Å². The maximum atomic E-state index is 5.22. The van der Waals surface area contributed by atoms with E-state index < -0.39 is 0 Å². The van der Waals surface area contributed by atoms with E-state index in [1.54, 1.807) is 7.11 Å². The zero-order chi connectivity index (χ0) is 16.8. The summed E-state index contributed by atoms with van der Waals surface area (Å²) >= 11 is 0. The molecule has 4 nitrogen and oxygen atoms in total. The number of benzene rings is 2. The Morgan fingerprint density at radius 1 is 0.870 bits per heavy atom. The summed E-state index contributed by atoms with van der Waals surface area (Å²) in [6.45, 7) is 8.48. The van der Waals surface area contributed by atoms with Crippen LogP contribution >= 0.6 is 0 Å². The second kappa shape index (κ2) is 7.77. The molecule has 2 aromatic carbocycles. The van der Waals surface area contributed by atoms with E-state index in [1.807, 2.05) is 47.5 Å². The van der Waals surface area contributed by atoms with Gasteiger partial charge in [-0.15, -0.1) is 5.11 Å². The molecule has 0 unspecified atom stereocenters. The summed E-state index contributed by atoms with van der Waals surface area (Å²) in [4.78, 5) is 0. The monoisotopic (exact) mass is 311 g/mol. The normalized spacial score (nSPS) is 11.4. The van der Waals surface area contributed by atoms with Gasteiger partial charge in [-0.3, -0.25) is 5.01 Å². The molecule has 0 radical (unpaired) electrons. The van der Waals surface area contributed by atoms with Gasteiger partial charge in [-0.1, -0.05) is 35.6 Å². The molecule has 2 aromatic rings. The van der Waals surface area contributed by atoms with E-state index >= 15 is 0 Å². The lowest BCUT2D eigenvalue weighted by Gasteiger charge is -2.25. The predicted molar refractivity (Wildman–Crippen MR) is 95.1 cm³/mol. The van der Waals surface area contributed by atoms with Gasteiger partial charge in [-0.2, -0.15) is 0 Å². The Balaban J connectivity index is 2.33. The first-order valence-corrected chi connectivity index (χ1v) is 7.96. The predicted octanol–water partition coefficient (Wildman–Crippen LogP) is 5.48. The third-order valence-corrected chi connectivity index (χ3v) is 3.62. The number of ether oxygens (including phenoxy) is 1. The number of rotatable bonds is 6. The maximum absolute atomic E-state index is 5.22. The van der Waals surface area contributed by atoms with E-state index in [0.29, 0.717) is 12.1 Å². The summed E-state index contributed by atoms with van der Waals surface area (Å²) in [5.41, 5.74) is 3.02. The Morgan fingerprint density at radius 3 is 2.04 bits per heavy atom. The quantitative estimate of drug-likeness (QED) is 0.523. The topological polar surface area (TPSA) is 37.2 Å². The summed E-state index contributed by atoms with van der Waals surface area (Å²) < 4.78 is 5.22. The van der Waals surface area contributed by atoms with E-state index in [2.05, 4.69) is 44.1 Å². The van der Waals surface area contributed by atoms with E-state index in [-0.39, 0.29) is 0 Å². The minimum atomic E-state index is 0.312. The molecular weight excluding hydrogens is 286 g/mol. The molecular formula is C19H25N3O. The zero-order valence-corrected chi connectivity index (χ0v) is 14.5. The van der Waals surface area contributed by atoms with Crippen LogP contribution in [0.4, 0.5) is 5.69 Å². The standard InChI is InChI=1S/C19H25N3O/c1-14(2)22(15(3)4)21-20-19-9-7-6-8-18(19)16-10-12-17(23-5)13-11-16/h6-15H,1-5H3. The maximum Gasteiger partial charge on any atom is 0.118 e. The molecule has 0 aromatic heterocycles. The highest BCUT2D eigenvalue weighted by Crippen LogP contribution is 2.31. The minimum absolute atomic E-state index is 0.312. The second-order valence-corrected chi connectivity index (χ2v) is 6.00. The molecule has 0 aliphatic rings. The molecule has 23 heavy (non-hydrogen) atoms. The van der Waals surface area contributed by atoms with Crippen LogP contribution in [0.1, 0.15) is 27.7 Å². The fourth-order valence-electron chi connectivity index (χ4n) is 2.48. The fraction of sp³-hybridized carbons (Fsp3) is 0.368. The van der Waals surface area contributed by atoms with E-state index in [9.17, 15) is 0 Å². The van der Waals surface area contributed by atoms with Gasteiger partial charge in [0, 0.05) is 17.6 Å². The fourth-order valence-corrected chi connectivity index (χ4v) is 2.48. The van der Waals surface area contributed by atoms with Crippen LogP contribution in [0, 0.1) is 0 Å². The van der Waals surface area contributed by atoms with Crippen molar-refractivity contribution < 1.29 is 4.74 Å². The second-order valence-electron chi connectivity index (χ2n) is 6.00. The molecule has 0 amide bonds. The van der Waals surface area contributed by atoms with Crippen LogP contribution in [0.3, 0.4) is 0 Å². The first-order chi connectivity index (χ1) is 11.0. The van der Waals surface area contributed by atoms with Crippen LogP contribution in [0.25, 0.3) is 11.1 Å². The van der Waals surface area contributed by atoms with Gasteiger partial charge >= 0.3 is 0 Å². The van der Waals surface area contributed by atoms with Crippen molar-refractivity contribution in [3.63, 3.8) is 0 Å². The Hall–Kier alpha value is -2.36. The van der Waals surface area contributed by atoms with Crippen LogP contribution in [0.15, 0.2) is 58.9 Å². The van der Waals surface area contributed by atoms with E-state index in [4.69, 9.17) is 4.74 Å². The average Bonchev–Trinajstić information content (AvgIpc) is 2.55. The van der Waals surface area contributed by atoms with Crippen LogP contribution in [-0.2, 0) is 0 Å². The summed E-state index contributed by atoms with van der Waals surface area (Å²) in [5.74, 6) is 0.846. The Bertz CT molecular complexity index is 640. The zero-order valence-electron chi connectivity index (χ0n) is 14.5. The molecule has 0 saturated carbocycles. The van der Waals surface area contributed by atoms with Gasteiger partial charge in [0.2, 0.25) is 0 Å². The molecule has 122 valence electrons. The molecule has 0 saturated heterocycles. The molecule has 0 N–H and O–H groups in total. The van der Waals surface area contributed by atoms with Gasteiger partial charge in [-0.05, 0) is 51.5 Å². The molecule has 0 bridgehead atoms. The molecule has 2 rings (SSSR count). The van der Waals surface area contributed by atoms with Gasteiger partial charge in [0.15, 0.2) is 0 Å². The number of hydrogen-bond donors (Lipinski definition) is 0. The van der Waals surface area contributed by atoms with Crippen molar-refractivity contribution in [2.24, 2.45) is 10.3 Å². The van der Waals surface area contributed by atoms with Crippen molar-refractivity contribution in [1.82, 2.24) is 5.01 Å². The number of nitrogens with zero attached hydrogens (tertiary/aromatic N) is 3. The van der Waals surface area contributed by atoms with Crippen molar-refractivity contribution in [2.45, 2.75) is 39.8 Å². The molecule has 0 heterocycles. The Labute approximate surface area is 138 Å². The molecule has 0 aliphatic carbocycles. The van der Waals surface area contributed by atoms with Gasteiger partial charge in [0.1, 0.15) is 5.75 Å². The van der Waals surface area contributed by atoms with Gasteiger partial charge < -0.3 is 4.74 Å². The van der Waals surface area contributed by atoms with E-state index in [1.165, 1.54) is 0 Å². The SMILES string of the molecule is COc1ccc(-c2ccccc2N=NN(C(C)C)C(C)C)cc1. The van der Waals surface area contributed by atoms with Gasteiger partial charge in [0.05, 0.1) is 12.8 Å². The lowest BCUT2D eigenvalue weighted by molar-refractivity contribution is 0.169. The molecule has 0 atom stereocenters. The summed E-state index contributed by atoms with van der Waals surface area (Å²) in [6.07, 6.45) is 0. The highest BCUT2D eigenvalue weighted by molar-refractivity contribution is 5.75. The van der Waals surface area contributed by atoms with Crippen LogP contribution in [0.2, 0.25) is 0 Å². The number of methoxy groups -OCH3 is 1. The smallest absolute Gasteiger partial charge is 0.118 e. The van der Waals surface area contributed by atoms with Crippen molar-refractivity contribution in [2.75, 3.05) is 7.11 Å². The van der Waals surface area contributed by atoms with Gasteiger partial charge in [0.25, 0.3) is 0 Å². The third kappa shape index (κ3) is 4.31. The summed E-state index contributed by atoms with van der Waals surface area (Å²) in [7, 11) is 1.67. The van der Waals surface area contributed by atoms with Crippen molar-refractivity contribution in [3.05, 3.63) is 48.5 Å². The lowest BCUT2D eigenvalue weighted by Crippen LogP contribution is -2.31. The van der Waals surface area contributed by atoms with Crippen molar-refractivity contribution in [1.29, 1.82) is 0 Å². The van der Waals surface area contributed by atoms with Crippen LogP contribution < -0.4 is 4.74 Å². The molecule has 0 spiro atoms. The molecule has 0 aliphatic heterocycles. The highest BCUT2D eigenvalue weighted by Gasteiger charge is 2.11. The minimum Gasteiger partial charge on any atom is -0.497 e. The average molecular weight is 311 g/mol. The summed E-state index contributed by atoms with van der Waals surface area (Å²) in [5, 5.41) is 10.9. The van der Waals surface area contributed by atoms with Crippen molar-refractivity contribution in [3.8, 4) is 16.9 Å². The highest BCUT2D eigenvalue weighted by atomic mass is 16.5. The Kier molecular flexibility index (Phi) is 5.74. The molecule has 0 fully saturated rings. The first-order valence-electron chi connectivity index (χ1n) is 7.96. The number of hydrogen-bond acceptors (Lipinski definition) is 3. The first kappa shape index (κ1) is 17.0.